The van der Waals surface area contributed by atoms with Crippen LogP contribution in [0.5, 0.6) is 0 Å². The molecule has 0 radical (unpaired) electrons. The van der Waals surface area contributed by atoms with Crippen molar-refractivity contribution in [2.24, 2.45) is 5.92 Å². The van der Waals surface area contributed by atoms with Gasteiger partial charge in [0, 0.05) is 68.5 Å². The summed E-state index contributed by atoms with van der Waals surface area (Å²) in [5.41, 5.74) is 1.22. The van der Waals surface area contributed by atoms with Crippen LogP contribution in [0.1, 0.15) is 43.9 Å². The molecule has 3 aliphatic heterocycles. The Hall–Kier alpha value is -2.63. The van der Waals surface area contributed by atoms with Crippen molar-refractivity contribution < 1.29 is 23.5 Å². The number of aryl methyl sites for hydroxylation is 1. The molecule has 200 valence electrons. The Bertz CT molecular complexity index is 1200. The molecule has 0 bridgehead atoms. The molecule has 2 saturated heterocycles. The van der Waals surface area contributed by atoms with Crippen LogP contribution in [0.15, 0.2) is 24.4 Å². The Labute approximate surface area is 217 Å². The number of aliphatic hydroxyl groups is 1. The van der Waals surface area contributed by atoms with Gasteiger partial charge in [-0.3, -0.25) is 14.3 Å². The van der Waals surface area contributed by atoms with Crippen molar-refractivity contribution in [2.45, 2.75) is 75.9 Å². The highest BCUT2D eigenvalue weighted by atomic mass is 28.4. The molecule has 1 N–H and O–H groups in total. The van der Waals surface area contributed by atoms with Crippen LogP contribution >= 0.6 is 0 Å². The number of anilines is 2. The first kappa shape index (κ1) is 26.0. The van der Waals surface area contributed by atoms with Crippen LogP contribution in [0.25, 0.3) is 0 Å². The summed E-state index contributed by atoms with van der Waals surface area (Å²) in [4.78, 5) is 29.9. The number of aliphatic hydroxyl groups excluding tert-OH is 1. The van der Waals surface area contributed by atoms with Gasteiger partial charge in [0.05, 0.1) is 17.5 Å². The highest BCUT2D eigenvalue weighted by Crippen LogP contribution is 2.60. The van der Waals surface area contributed by atoms with E-state index >= 15 is 4.11 Å². The molecule has 11 heteroatoms. The van der Waals surface area contributed by atoms with Crippen LogP contribution in [0, 0.1) is 5.92 Å². The molecular weight excluding hydrogens is 493 g/mol. The number of fused-ring (bicyclic) bond motifs is 2. The average Bonchev–Trinajstić information content (AvgIpc) is 3.49. The second-order valence-corrected chi connectivity index (χ2v) is 14.9. The first-order valence-electron chi connectivity index (χ1n) is 13.2. The fourth-order valence-corrected chi connectivity index (χ4v) is 9.14. The number of piperidine rings is 1. The van der Waals surface area contributed by atoms with Crippen LogP contribution in [0.3, 0.4) is 0 Å². The van der Waals surface area contributed by atoms with Gasteiger partial charge in [-0.15, -0.1) is 5.10 Å². The molecule has 5 rings (SSSR count). The van der Waals surface area contributed by atoms with Crippen molar-refractivity contribution in [1.29, 1.82) is 0 Å². The van der Waals surface area contributed by atoms with E-state index in [9.17, 15) is 9.59 Å². The molecule has 2 fully saturated rings. The van der Waals surface area contributed by atoms with E-state index in [1.54, 1.807) is 40.8 Å². The van der Waals surface area contributed by atoms with Crippen molar-refractivity contribution in [2.75, 3.05) is 30.0 Å². The minimum absolute atomic E-state index is 0.00572. The van der Waals surface area contributed by atoms with Crippen molar-refractivity contribution in [1.82, 2.24) is 15.0 Å². The molecule has 2 aromatic rings. The molecule has 2 amide bonds. The maximum Gasteiger partial charge on any atom is 0.264 e. The highest BCUT2D eigenvalue weighted by molar-refractivity contribution is 6.72. The largest absolute Gasteiger partial charge is 0.396 e. The highest BCUT2D eigenvalue weighted by Gasteiger charge is 2.66. The molecule has 4 atom stereocenters. The van der Waals surface area contributed by atoms with Crippen LogP contribution in [-0.4, -0.2) is 66.6 Å². The third-order valence-electron chi connectivity index (χ3n) is 8.31. The van der Waals surface area contributed by atoms with Crippen LogP contribution < -0.4 is 9.80 Å². The second-order valence-electron chi connectivity index (χ2n) is 11.1. The predicted octanol–water partition coefficient (Wildman–Crippen LogP) is 3.17. The number of likely N-dealkylation sites (N-methyl/N-ethyl adjacent to an activating group) is 1. The standard InChI is InChI=1S/C26H36FN5O4Si/c1-17-24(37(3,4)27)22(10-13-31-16-18(11-14-33)28-29-31)36-26(17)20-15-19(32-12-6-5-7-23(32)34)8-9-21(20)30(2)25(26)35/h8-9,15-17,22,24,33H,5-7,10-14H2,1-4H3/t17-,22+,24-,26+/m1/s1. The summed E-state index contributed by atoms with van der Waals surface area (Å²) in [5.74, 6) is -0.484. The van der Waals surface area contributed by atoms with Crippen molar-refractivity contribution in [3.05, 3.63) is 35.7 Å². The van der Waals surface area contributed by atoms with Gasteiger partial charge < -0.3 is 23.8 Å². The third-order valence-corrected chi connectivity index (χ3v) is 10.8. The van der Waals surface area contributed by atoms with E-state index < -0.39 is 25.7 Å². The maximum atomic E-state index is 15.9. The second kappa shape index (κ2) is 9.59. The average molecular weight is 530 g/mol. The van der Waals surface area contributed by atoms with E-state index in [0.717, 1.165) is 29.8 Å². The number of amides is 2. The minimum atomic E-state index is -3.26. The molecule has 4 heterocycles. The Kier molecular flexibility index (Phi) is 6.74. The zero-order valence-electron chi connectivity index (χ0n) is 22.0. The lowest BCUT2D eigenvalue weighted by atomic mass is 9.82. The smallest absolute Gasteiger partial charge is 0.264 e. The monoisotopic (exact) mass is 529 g/mol. The Balaban J connectivity index is 1.50. The van der Waals surface area contributed by atoms with E-state index in [2.05, 4.69) is 10.3 Å². The van der Waals surface area contributed by atoms with Gasteiger partial charge in [-0.05, 0) is 50.6 Å². The summed E-state index contributed by atoms with van der Waals surface area (Å²) in [6.07, 6.45) is 4.55. The van der Waals surface area contributed by atoms with Gasteiger partial charge in [0.2, 0.25) is 14.3 Å². The third kappa shape index (κ3) is 4.30. The van der Waals surface area contributed by atoms with Crippen LogP contribution in [0.2, 0.25) is 18.6 Å². The molecule has 1 aromatic heterocycles. The van der Waals surface area contributed by atoms with Crippen LogP contribution in [0.4, 0.5) is 15.5 Å². The zero-order chi connectivity index (χ0) is 26.5. The lowest BCUT2D eigenvalue weighted by molar-refractivity contribution is -0.145. The predicted molar refractivity (Wildman–Crippen MR) is 140 cm³/mol. The molecular formula is C26H36FN5O4Si. The number of rotatable bonds is 7. The van der Waals surface area contributed by atoms with E-state index in [1.807, 2.05) is 25.1 Å². The quantitative estimate of drug-likeness (QED) is 0.437. The fraction of sp³-hybridized carbons (Fsp3) is 0.615. The number of nitrogens with zero attached hydrogens (tertiary/aromatic N) is 5. The van der Waals surface area contributed by atoms with E-state index in [4.69, 9.17) is 9.84 Å². The zero-order valence-corrected chi connectivity index (χ0v) is 23.0. The molecule has 37 heavy (non-hydrogen) atoms. The number of benzene rings is 1. The molecule has 1 aromatic carbocycles. The van der Waals surface area contributed by atoms with Gasteiger partial charge in [-0.2, -0.15) is 0 Å². The Morgan fingerprint density at radius 2 is 2.05 bits per heavy atom. The molecule has 3 aliphatic rings. The summed E-state index contributed by atoms with van der Waals surface area (Å²) in [5, 5.41) is 17.4. The number of carbonyl (C=O) groups excluding carboxylic acids is 2. The van der Waals surface area contributed by atoms with Gasteiger partial charge >= 0.3 is 0 Å². The topological polar surface area (TPSA) is 101 Å². The number of aromatic nitrogens is 3. The first-order chi connectivity index (χ1) is 17.6. The summed E-state index contributed by atoms with van der Waals surface area (Å²) < 4.78 is 24.3. The minimum Gasteiger partial charge on any atom is -0.396 e. The van der Waals surface area contributed by atoms with Gasteiger partial charge in [-0.25, -0.2) is 0 Å². The van der Waals surface area contributed by atoms with E-state index in [-0.39, 0.29) is 24.3 Å². The first-order valence-corrected chi connectivity index (χ1v) is 16.1. The number of carbonyl (C=O) groups is 2. The van der Waals surface area contributed by atoms with E-state index in [1.165, 1.54) is 0 Å². The molecule has 9 nitrogen and oxygen atoms in total. The lowest BCUT2D eigenvalue weighted by Crippen LogP contribution is -2.44. The molecule has 0 saturated carbocycles. The summed E-state index contributed by atoms with van der Waals surface area (Å²) in [6, 6.07) is 5.69. The lowest BCUT2D eigenvalue weighted by Gasteiger charge is -2.32. The summed E-state index contributed by atoms with van der Waals surface area (Å²) in [7, 11) is -1.53. The number of halogens is 1. The number of hydrogen-bond acceptors (Lipinski definition) is 6. The Morgan fingerprint density at radius 1 is 1.27 bits per heavy atom. The number of hydrogen-bond donors (Lipinski definition) is 1. The molecule has 0 aliphatic carbocycles. The van der Waals surface area contributed by atoms with Crippen molar-refractivity contribution in [3.8, 4) is 0 Å². The normalized spacial score (nSPS) is 28.0. The SMILES string of the molecule is C[C@@H]1[C@@H]([Si](C)(C)F)[C@H](CCn2cc(CCO)nn2)O[C@@]12C(=O)N(C)c1ccc(N3CCCCC3=O)cc12. The molecule has 0 unspecified atom stereocenters. The van der Waals surface area contributed by atoms with Crippen molar-refractivity contribution in [3.63, 3.8) is 0 Å². The summed E-state index contributed by atoms with van der Waals surface area (Å²) in [6.45, 7) is 6.42. The Morgan fingerprint density at radius 3 is 2.76 bits per heavy atom. The van der Waals surface area contributed by atoms with Crippen molar-refractivity contribution >= 4 is 31.6 Å². The van der Waals surface area contributed by atoms with E-state index in [0.29, 0.717) is 38.0 Å². The summed E-state index contributed by atoms with van der Waals surface area (Å²) >= 11 is 0. The fourth-order valence-electron chi connectivity index (χ4n) is 6.59. The van der Waals surface area contributed by atoms with Gasteiger partial charge in [0.25, 0.3) is 5.91 Å². The van der Waals surface area contributed by atoms with Crippen LogP contribution in [-0.2, 0) is 32.9 Å². The molecule has 1 spiro atoms. The van der Waals surface area contributed by atoms with Gasteiger partial charge in [-0.1, -0.05) is 12.1 Å². The van der Waals surface area contributed by atoms with Gasteiger partial charge in [0.15, 0.2) is 5.60 Å². The van der Waals surface area contributed by atoms with Gasteiger partial charge in [0.1, 0.15) is 0 Å². The number of ether oxygens (including phenoxy) is 1. The maximum absolute atomic E-state index is 15.9.